The molecule has 0 heterocycles. The van der Waals surface area contributed by atoms with Gasteiger partial charge >= 0.3 is 0 Å². The van der Waals surface area contributed by atoms with Crippen molar-refractivity contribution in [3.63, 3.8) is 0 Å². The summed E-state index contributed by atoms with van der Waals surface area (Å²) in [5.74, 6) is -0.807. The zero-order valence-electron chi connectivity index (χ0n) is 13.5. The highest BCUT2D eigenvalue weighted by Crippen LogP contribution is 2.40. The molecule has 24 heavy (non-hydrogen) atoms. The van der Waals surface area contributed by atoms with Gasteiger partial charge in [-0.3, -0.25) is 9.59 Å². The van der Waals surface area contributed by atoms with E-state index in [-0.39, 0.29) is 35.3 Å². The number of ketones is 1. The van der Waals surface area contributed by atoms with Gasteiger partial charge in [0.1, 0.15) is 11.6 Å². The van der Waals surface area contributed by atoms with Gasteiger partial charge in [-0.05, 0) is 37.1 Å². The van der Waals surface area contributed by atoms with Crippen molar-refractivity contribution in [3.8, 4) is 5.75 Å². The fourth-order valence-corrected chi connectivity index (χ4v) is 2.93. The van der Waals surface area contributed by atoms with Crippen LogP contribution in [-0.2, 0) is 4.79 Å². The average molecular weight is 327 g/mol. The second-order valence-corrected chi connectivity index (χ2v) is 5.98. The molecule has 0 radical (unpaired) electrons. The summed E-state index contributed by atoms with van der Waals surface area (Å²) in [6, 6.07) is 11.7. The molecule has 2 aromatic carbocycles. The number of anilines is 1. The molecule has 5 heteroatoms. The van der Waals surface area contributed by atoms with Crippen LogP contribution >= 0.6 is 0 Å². The van der Waals surface area contributed by atoms with Crippen molar-refractivity contribution in [3.05, 3.63) is 59.4 Å². The van der Waals surface area contributed by atoms with Gasteiger partial charge in [-0.25, -0.2) is 4.39 Å². The minimum Gasteiger partial charge on any atom is -0.480 e. The Bertz CT molecular complexity index is 789. The third kappa shape index (κ3) is 3.02. The Labute approximate surface area is 139 Å². The smallest absolute Gasteiger partial charge is 0.265 e. The van der Waals surface area contributed by atoms with Crippen molar-refractivity contribution >= 4 is 17.4 Å². The molecule has 2 atom stereocenters. The van der Waals surface area contributed by atoms with Crippen molar-refractivity contribution in [1.82, 2.24) is 0 Å². The van der Waals surface area contributed by atoms with E-state index in [0.29, 0.717) is 11.3 Å². The summed E-state index contributed by atoms with van der Waals surface area (Å²) in [5.41, 5.74) is 1.31. The predicted octanol–water partition coefficient (Wildman–Crippen LogP) is 3.92. The monoisotopic (exact) mass is 327 g/mol. The van der Waals surface area contributed by atoms with Gasteiger partial charge in [0.15, 0.2) is 11.9 Å². The highest BCUT2D eigenvalue weighted by molar-refractivity contribution is 6.04. The number of halogens is 1. The van der Waals surface area contributed by atoms with Crippen molar-refractivity contribution in [1.29, 1.82) is 0 Å². The first-order chi connectivity index (χ1) is 11.5. The molecule has 1 aliphatic carbocycles. The maximum atomic E-state index is 14.0. The van der Waals surface area contributed by atoms with E-state index >= 15 is 0 Å². The first kappa shape index (κ1) is 16.2. The maximum absolute atomic E-state index is 14.0. The number of amides is 1. The number of nitrogens with one attached hydrogen (secondary N) is 1. The lowest BCUT2D eigenvalue weighted by Gasteiger charge is -2.17. The zero-order chi connectivity index (χ0) is 17.3. The number of ether oxygens (including phenoxy) is 1. The van der Waals surface area contributed by atoms with E-state index in [4.69, 9.17) is 4.74 Å². The summed E-state index contributed by atoms with van der Waals surface area (Å²) < 4.78 is 19.7. The van der Waals surface area contributed by atoms with Crippen LogP contribution in [0.25, 0.3) is 0 Å². The van der Waals surface area contributed by atoms with Crippen LogP contribution in [0.1, 0.15) is 42.1 Å². The van der Waals surface area contributed by atoms with Crippen LogP contribution in [0.3, 0.4) is 0 Å². The van der Waals surface area contributed by atoms with Gasteiger partial charge < -0.3 is 10.1 Å². The van der Waals surface area contributed by atoms with Crippen molar-refractivity contribution in [2.24, 2.45) is 0 Å². The molecule has 0 aromatic heterocycles. The molecule has 0 bridgehead atoms. The highest BCUT2D eigenvalue weighted by atomic mass is 19.1. The van der Waals surface area contributed by atoms with E-state index in [1.165, 1.54) is 12.1 Å². The largest absolute Gasteiger partial charge is 0.480 e. The van der Waals surface area contributed by atoms with E-state index in [0.717, 1.165) is 0 Å². The van der Waals surface area contributed by atoms with Gasteiger partial charge in [0.05, 0.1) is 5.56 Å². The Morgan fingerprint density at radius 2 is 1.96 bits per heavy atom. The van der Waals surface area contributed by atoms with Gasteiger partial charge in [0.25, 0.3) is 5.91 Å². The van der Waals surface area contributed by atoms with Crippen LogP contribution in [-0.4, -0.2) is 17.8 Å². The number of carbonyl (C=O) groups excluding carboxylic acids is 2. The number of benzene rings is 2. The van der Waals surface area contributed by atoms with Crippen LogP contribution in [0.15, 0.2) is 42.5 Å². The molecule has 0 spiro atoms. The van der Waals surface area contributed by atoms with E-state index in [1.807, 2.05) is 25.1 Å². The van der Waals surface area contributed by atoms with Crippen molar-refractivity contribution < 1.29 is 18.7 Å². The lowest BCUT2D eigenvalue weighted by atomic mass is 10.0. The molecule has 0 fully saturated rings. The van der Waals surface area contributed by atoms with Crippen LogP contribution in [0.4, 0.5) is 10.1 Å². The fraction of sp³-hybridized carbons (Fsp3) is 0.263. The highest BCUT2D eigenvalue weighted by Gasteiger charge is 2.33. The van der Waals surface area contributed by atoms with Gasteiger partial charge in [0.2, 0.25) is 0 Å². The number of rotatable bonds is 4. The second kappa shape index (κ2) is 6.43. The molecule has 0 unspecified atom stereocenters. The first-order valence-corrected chi connectivity index (χ1v) is 7.85. The molecule has 1 N–H and O–H groups in total. The molecular weight excluding hydrogens is 309 g/mol. The van der Waals surface area contributed by atoms with Gasteiger partial charge in [-0.15, -0.1) is 0 Å². The van der Waals surface area contributed by atoms with E-state index < -0.39 is 11.9 Å². The summed E-state index contributed by atoms with van der Waals surface area (Å²) >= 11 is 0. The summed E-state index contributed by atoms with van der Waals surface area (Å²) in [4.78, 5) is 24.4. The number of fused-ring (bicyclic) bond motifs is 1. The molecule has 124 valence electrons. The molecule has 0 saturated heterocycles. The standard InChI is InChI=1S/C19H18FNO3/c1-11-10-15(22)18-16(9-8-14(20)17(11)18)24-12(2)19(23)21-13-6-4-3-5-7-13/h3-9,11-12H,10H2,1-2H3,(H,21,23)/t11-,12+/m1/s1. The number of Topliss-reactive ketones (excluding diaryl/α,β-unsaturated/α-hetero) is 1. The molecule has 1 amide bonds. The summed E-state index contributed by atoms with van der Waals surface area (Å²) in [7, 11) is 0. The lowest BCUT2D eigenvalue weighted by Crippen LogP contribution is -2.30. The molecular formula is C19H18FNO3. The van der Waals surface area contributed by atoms with Gasteiger partial charge in [-0.1, -0.05) is 25.1 Å². The third-order valence-corrected chi connectivity index (χ3v) is 4.13. The van der Waals surface area contributed by atoms with Crippen LogP contribution in [0, 0.1) is 5.82 Å². The van der Waals surface area contributed by atoms with E-state index in [1.54, 1.807) is 19.1 Å². The normalized spacial score (nSPS) is 17.3. The van der Waals surface area contributed by atoms with Crippen molar-refractivity contribution in [2.45, 2.75) is 32.3 Å². The average Bonchev–Trinajstić information content (AvgIpc) is 2.86. The fourth-order valence-electron chi connectivity index (χ4n) is 2.93. The zero-order valence-corrected chi connectivity index (χ0v) is 13.5. The third-order valence-electron chi connectivity index (χ3n) is 4.13. The SMILES string of the molecule is C[C@H](Oc1ccc(F)c2c1C(=O)C[C@H]2C)C(=O)Nc1ccccc1. The number of carbonyl (C=O) groups is 2. The second-order valence-electron chi connectivity index (χ2n) is 5.98. The first-order valence-electron chi connectivity index (χ1n) is 7.85. The Morgan fingerprint density at radius 1 is 1.25 bits per heavy atom. The number of hydrogen-bond acceptors (Lipinski definition) is 3. The Balaban J connectivity index is 1.79. The van der Waals surface area contributed by atoms with Gasteiger partial charge in [0, 0.05) is 17.7 Å². The van der Waals surface area contributed by atoms with Crippen molar-refractivity contribution in [2.75, 3.05) is 5.32 Å². The Hall–Kier alpha value is -2.69. The Kier molecular flexibility index (Phi) is 4.34. The molecule has 0 saturated carbocycles. The van der Waals surface area contributed by atoms with Crippen LogP contribution in [0.2, 0.25) is 0 Å². The summed E-state index contributed by atoms with van der Waals surface area (Å²) in [5, 5.41) is 2.74. The Morgan fingerprint density at radius 3 is 2.67 bits per heavy atom. The van der Waals surface area contributed by atoms with Crippen LogP contribution < -0.4 is 10.1 Å². The summed E-state index contributed by atoms with van der Waals surface area (Å²) in [6.45, 7) is 3.40. The maximum Gasteiger partial charge on any atom is 0.265 e. The minimum atomic E-state index is -0.816. The topological polar surface area (TPSA) is 55.4 Å². The molecule has 3 rings (SSSR count). The molecule has 4 nitrogen and oxygen atoms in total. The molecule has 1 aliphatic rings. The quantitative estimate of drug-likeness (QED) is 0.926. The van der Waals surface area contributed by atoms with Crippen LogP contribution in [0.5, 0.6) is 5.75 Å². The van der Waals surface area contributed by atoms with E-state index in [2.05, 4.69) is 5.32 Å². The minimum absolute atomic E-state index is 0.150. The lowest BCUT2D eigenvalue weighted by molar-refractivity contribution is -0.122. The van der Waals surface area contributed by atoms with E-state index in [9.17, 15) is 14.0 Å². The predicted molar refractivity (Wildman–Crippen MR) is 88.9 cm³/mol. The summed E-state index contributed by atoms with van der Waals surface area (Å²) in [6.07, 6.45) is -0.555. The number of para-hydroxylation sites is 1. The molecule has 2 aromatic rings. The molecule has 0 aliphatic heterocycles. The van der Waals surface area contributed by atoms with Gasteiger partial charge in [-0.2, -0.15) is 0 Å². The number of hydrogen-bond donors (Lipinski definition) is 1.